The van der Waals surface area contributed by atoms with Crippen molar-refractivity contribution in [3.63, 3.8) is 0 Å². The van der Waals surface area contributed by atoms with Crippen LogP contribution in [0, 0.1) is 0 Å². The first-order valence-corrected chi connectivity index (χ1v) is 7.84. The Kier molecular flexibility index (Phi) is 5.24. The second-order valence-electron chi connectivity index (χ2n) is 5.62. The standard InChI is InChI=1S/C15H22N4O4/c1-21-10-15(20)19-3-2-12(9-19)23-14-8-13(16-11-17-14)18-4-6-22-7-5-18/h8,11-12H,2-7,9-10H2,1H3. The first-order chi connectivity index (χ1) is 11.3. The number of amides is 1. The Morgan fingerprint density at radius 2 is 2.17 bits per heavy atom. The van der Waals surface area contributed by atoms with Crippen LogP contribution < -0.4 is 9.64 Å². The number of hydrogen-bond acceptors (Lipinski definition) is 7. The first-order valence-electron chi connectivity index (χ1n) is 7.84. The fraction of sp³-hybridized carbons (Fsp3) is 0.667. The number of rotatable bonds is 5. The number of carbonyl (C=O) groups excluding carboxylic acids is 1. The van der Waals surface area contributed by atoms with Crippen molar-refractivity contribution in [2.75, 3.05) is 58.0 Å². The highest BCUT2D eigenvalue weighted by molar-refractivity contribution is 5.77. The van der Waals surface area contributed by atoms with Gasteiger partial charge in [-0.3, -0.25) is 4.79 Å². The molecule has 2 fully saturated rings. The smallest absolute Gasteiger partial charge is 0.248 e. The van der Waals surface area contributed by atoms with Crippen molar-refractivity contribution in [2.45, 2.75) is 12.5 Å². The van der Waals surface area contributed by atoms with Crippen molar-refractivity contribution in [2.24, 2.45) is 0 Å². The molecule has 1 unspecified atom stereocenters. The highest BCUT2D eigenvalue weighted by Crippen LogP contribution is 2.20. The molecule has 1 aromatic rings. The van der Waals surface area contributed by atoms with E-state index in [0.29, 0.717) is 32.2 Å². The van der Waals surface area contributed by atoms with Gasteiger partial charge in [-0.15, -0.1) is 0 Å². The third-order valence-corrected chi connectivity index (χ3v) is 4.02. The van der Waals surface area contributed by atoms with Crippen LogP contribution in [0.4, 0.5) is 5.82 Å². The van der Waals surface area contributed by atoms with Crippen molar-refractivity contribution < 1.29 is 19.0 Å². The summed E-state index contributed by atoms with van der Waals surface area (Å²) in [6.07, 6.45) is 2.28. The molecule has 3 heterocycles. The second kappa shape index (κ2) is 7.56. The Hall–Kier alpha value is -1.93. The maximum Gasteiger partial charge on any atom is 0.248 e. The maximum absolute atomic E-state index is 11.8. The molecule has 2 aliphatic rings. The quantitative estimate of drug-likeness (QED) is 0.751. The lowest BCUT2D eigenvalue weighted by Crippen LogP contribution is -2.36. The number of carbonyl (C=O) groups is 1. The van der Waals surface area contributed by atoms with E-state index in [2.05, 4.69) is 14.9 Å². The molecule has 8 heteroatoms. The molecular formula is C15H22N4O4. The molecule has 0 radical (unpaired) electrons. The van der Waals surface area contributed by atoms with Gasteiger partial charge < -0.3 is 24.0 Å². The van der Waals surface area contributed by atoms with Crippen LogP contribution in [0.3, 0.4) is 0 Å². The lowest BCUT2D eigenvalue weighted by molar-refractivity contribution is -0.134. The molecule has 0 spiro atoms. The van der Waals surface area contributed by atoms with Crippen LogP contribution >= 0.6 is 0 Å². The molecule has 3 rings (SSSR count). The van der Waals surface area contributed by atoms with E-state index in [-0.39, 0.29) is 18.6 Å². The van der Waals surface area contributed by atoms with Crippen LogP contribution in [-0.2, 0) is 14.3 Å². The molecule has 0 bridgehead atoms. The van der Waals surface area contributed by atoms with Crippen molar-refractivity contribution in [1.82, 2.24) is 14.9 Å². The number of nitrogens with zero attached hydrogens (tertiary/aromatic N) is 4. The van der Waals surface area contributed by atoms with Gasteiger partial charge in [-0.1, -0.05) is 0 Å². The zero-order valence-corrected chi connectivity index (χ0v) is 13.3. The van der Waals surface area contributed by atoms with E-state index < -0.39 is 0 Å². The normalized spacial score (nSPS) is 21.5. The third-order valence-electron chi connectivity index (χ3n) is 4.02. The third kappa shape index (κ3) is 4.08. The largest absolute Gasteiger partial charge is 0.472 e. The number of ether oxygens (including phenoxy) is 3. The summed E-state index contributed by atoms with van der Waals surface area (Å²) < 4.78 is 16.2. The number of hydrogen-bond donors (Lipinski definition) is 0. The zero-order chi connectivity index (χ0) is 16.1. The van der Waals surface area contributed by atoms with E-state index in [1.54, 1.807) is 4.90 Å². The molecule has 0 aliphatic carbocycles. The van der Waals surface area contributed by atoms with Gasteiger partial charge in [-0.2, -0.15) is 0 Å². The average molecular weight is 322 g/mol. The van der Waals surface area contributed by atoms with Gasteiger partial charge in [0, 0.05) is 39.2 Å². The molecule has 1 amide bonds. The summed E-state index contributed by atoms with van der Waals surface area (Å²) in [7, 11) is 1.52. The number of aromatic nitrogens is 2. The van der Waals surface area contributed by atoms with Gasteiger partial charge in [0.1, 0.15) is 24.9 Å². The molecule has 0 saturated carbocycles. The molecule has 23 heavy (non-hydrogen) atoms. The highest BCUT2D eigenvalue weighted by Gasteiger charge is 2.28. The topological polar surface area (TPSA) is 77.0 Å². The van der Waals surface area contributed by atoms with Gasteiger partial charge >= 0.3 is 0 Å². The van der Waals surface area contributed by atoms with Crippen LogP contribution in [0.5, 0.6) is 5.88 Å². The Morgan fingerprint density at radius 3 is 2.96 bits per heavy atom. The minimum atomic E-state index is -0.0387. The summed E-state index contributed by atoms with van der Waals surface area (Å²) in [5.41, 5.74) is 0. The SMILES string of the molecule is COCC(=O)N1CCC(Oc2cc(N3CCOCC3)ncn2)C1. The van der Waals surface area contributed by atoms with Crippen LogP contribution in [0.25, 0.3) is 0 Å². The fourth-order valence-corrected chi connectivity index (χ4v) is 2.80. The van der Waals surface area contributed by atoms with E-state index in [9.17, 15) is 4.79 Å². The predicted octanol–water partition coefficient (Wildman–Crippen LogP) is -0.0607. The Balaban J connectivity index is 1.57. The van der Waals surface area contributed by atoms with Crippen molar-refractivity contribution in [1.29, 1.82) is 0 Å². The van der Waals surface area contributed by atoms with Crippen LogP contribution in [0.15, 0.2) is 12.4 Å². The summed E-state index contributed by atoms with van der Waals surface area (Å²) in [4.78, 5) is 24.2. The Morgan fingerprint density at radius 1 is 1.35 bits per heavy atom. The maximum atomic E-state index is 11.8. The summed E-state index contributed by atoms with van der Waals surface area (Å²) >= 11 is 0. The van der Waals surface area contributed by atoms with Crippen LogP contribution in [-0.4, -0.2) is 80.0 Å². The summed E-state index contributed by atoms with van der Waals surface area (Å²) in [5.74, 6) is 1.39. The van der Waals surface area contributed by atoms with Crippen molar-refractivity contribution in [3.05, 3.63) is 12.4 Å². The van der Waals surface area contributed by atoms with Gasteiger partial charge in [-0.25, -0.2) is 9.97 Å². The molecule has 0 N–H and O–H groups in total. The molecule has 2 aliphatic heterocycles. The number of anilines is 1. The zero-order valence-electron chi connectivity index (χ0n) is 13.3. The van der Waals surface area contributed by atoms with Crippen molar-refractivity contribution in [3.8, 4) is 5.88 Å². The van der Waals surface area contributed by atoms with E-state index in [0.717, 1.165) is 25.3 Å². The first kappa shape index (κ1) is 15.9. The Bertz CT molecular complexity index is 536. The van der Waals surface area contributed by atoms with E-state index >= 15 is 0 Å². The van der Waals surface area contributed by atoms with E-state index in [4.69, 9.17) is 14.2 Å². The summed E-state index contributed by atoms with van der Waals surface area (Å²) in [6.45, 7) is 4.42. The molecule has 8 nitrogen and oxygen atoms in total. The summed E-state index contributed by atoms with van der Waals surface area (Å²) in [6, 6.07) is 1.85. The van der Waals surface area contributed by atoms with Gasteiger partial charge in [0.05, 0.1) is 19.8 Å². The van der Waals surface area contributed by atoms with Gasteiger partial charge in [0.2, 0.25) is 11.8 Å². The van der Waals surface area contributed by atoms with Gasteiger partial charge in [0.15, 0.2) is 0 Å². The molecular weight excluding hydrogens is 300 g/mol. The summed E-state index contributed by atoms with van der Waals surface area (Å²) in [5, 5.41) is 0. The molecule has 1 aromatic heterocycles. The molecule has 1 atom stereocenters. The molecule has 0 aromatic carbocycles. The lowest BCUT2D eigenvalue weighted by Gasteiger charge is -2.27. The van der Waals surface area contributed by atoms with Crippen LogP contribution in [0.2, 0.25) is 0 Å². The minimum absolute atomic E-state index is 0.00436. The minimum Gasteiger partial charge on any atom is -0.472 e. The second-order valence-corrected chi connectivity index (χ2v) is 5.62. The molecule has 126 valence electrons. The number of morpholine rings is 1. The van der Waals surface area contributed by atoms with Gasteiger partial charge in [-0.05, 0) is 0 Å². The van der Waals surface area contributed by atoms with E-state index in [1.165, 1.54) is 13.4 Å². The average Bonchev–Trinajstić information content (AvgIpc) is 3.05. The van der Waals surface area contributed by atoms with Gasteiger partial charge in [0.25, 0.3) is 0 Å². The lowest BCUT2D eigenvalue weighted by atomic mass is 10.3. The van der Waals surface area contributed by atoms with Crippen molar-refractivity contribution >= 4 is 11.7 Å². The monoisotopic (exact) mass is 322 g/mol. The van der Waals surface area contributed by atoms with Crippen LogP contribution in [0.1, 0.15) is 6.42 Å². The number of methoxy groups -OCH3 is 1. The van der Waals surface area contributed by atoms with E-state index in [1.807, 2.05) is 6.07 Å². The fourth-order valence-electron chi connectivity index (χ4n) is 2.80. The number of likely N-dealkylation sites (tertiary alicyclic amines) is 1. The Labute approximate surface area is 135 Å². The molecule has 2 saturated heterocycles. The predicted molar refractivity (Wildman–Crippen MR) is 82.6 cm³/mol. The highest BCUT2D eigenvalue weighted by atomic mass is 16.5.